The number of nitrogens with zero attached hydrogens (tertiary/aromatic N) is 4. The van der Waals surface area contributed by atoms with Crippen molar-refractivity contribution in [3.05, 3.63) is 69.9 Å². The molecule has 0 spiro atoms. The Morgan fingerprint density at radius 1 is 1.04 bits per heavy atom. The largest absolute Gasteiger partial charge is 0.354 e. The highest BCUT2D eigenvalue weighted by Crippen LogP contribution is 2.13. The molecule has 26 heavy (non-hydrogen) atoms. The smallest absolute Gasteiger partial charge is 0.328 e. The minimum Gasteiger partial charge on any atom is -0.354 e. The van der Waals surface area contributed by atoms with Crippen LogP contribution >= 0.6 is 0 Å². The van der Waals surface area contributed by atoms with Gasteiger partial charge in [-0.05, 0) is 12.1 Å². The van der Waals surface area contributed by atoms with E-state index in [2.05, 4.69) is 20.3 Å². The molecule has 0 unspecified atom stereocenters. The zero-order valence-corrected chi connectivity index (χ0v) is 14.0. The van der Waals surface area contributed by atoms with Crippen molar-refractivity contribution in [3.63, 3.8) is 0 Å². The average Bonchev–Trinajstić information content (AvgIpc) is 3.10. The third-order valence-corrected chi connectivity index (χ3v) is 3.76. The molecule has 0 aliphatic carbocycles. The monoisotopic (exact) mass is 354 g/mol. The summed E-state index contributed by atoms with van der Waals surface area (Å²) in [5.74, 6) is 0.558. The van der Waals surface area contributed by atoms with E-state index >= 15 is 0 Å². The van der Waals surface area contributed by atoms with Crippen LogP contribution in [0.3, 0.4) is 0 Å². The fourth-order valence-electron chi connectivity index (χ4n) is 2.46. The van der Waals surface area contributed by atoms with Crippen LogP contribution in [0.25, 0.3) is 11.5 Å². The number of pyridine rings is 1. The van der Waals surface area contributed by atoms with Gasteiger partial charge in [0.1, 0.15) is 5.69 Å². The van der Waals surface area contributed by atoms with Crippen LogP contribution in [0, 0.1) is 0 Å². The average molecular weight is 354 g/mol. The van der Waals surface area contributed by atoms with E-state index < -0.39 is 11.2 Å². The lowest BCUT2D eigenvalue weighted by atomic mass is 10.3. The lowest BCUT2D eigenvalue weighted by Gasteiger charge is -2.09. The van der Waals surface area contributed by atoms with Crippen LogP contribution in [0.1, 0.15) is 6.42 Å². The molecule has 0 saturated heterocycles. The first-order valence-electron chi connectivity index (χ1n) is 8.12. The van der Waals surface area contributed by atoms with Gasteiger partial charge in [0.2, 0.25) is 5.91 Å². The molecule has 0 saturated carbocycles. The van der Waals surface area contributed by atoms with Crippen LogP contribution in [-0.4, -0.2) is 36.5 Å². The van der Waals surface area contributed by atoms with E-state index in [0.717, 1.165) is 11.5 Å². The number of rotatable bonds is 7. The van der Waals surface area contributed by atoms with Gasteiger partial charge in [0, 0.05) is 56.9 Å². The molecule has 3 aromatic rings. The maximum atomic E-state index is 11.9. The fraction of sp³-hybridized carbons (Fsp3) is 0.235. The van der Waals surface area contributed by atoms with Crippen LogP contribution in [0.5, 0.6) is 0 Å². The summed E-state index contributed by atoms with van der Waals surface area (Å²) in [4.78, 5) is 45.2. The van der Waals surface area contributed by atoms with E-state index in [0.29, 0.717) is 13.1 Å². The highest BCUT2D eigenvalue weighted by Gasteiger charge is 2.07. The Morgan fingerprint density at radius 3 is 2.69 bits per heavy atom. The number of hydrogen-bond donors (Lipinski definition) is 2. The van der Waals surface area contributed by atoms with Gasteiger partial charge in [-0.1, -0.05) is 6.07 Å². The van der Waals surface area contributed by atoms with Gasteiger partial charge in [-0.2, -0.15) is 0 Å². The van der Waals surface area contributed by atoms with E-state index in [1.807, 2.05) is 29.0 Å². The van der Waals surface area contributed by atoms with Gasteiger partial charge < -0.3 is 14.5 Å². The molecule has 0 fully saturated rings. The Kier molecular flexibility index (Phi) is 5.37. The first-order chi connectivity index (χ1) is 12.6. The van der Waals surface area contributed by atoms with Gasteiger partial charge in [0.25, 0.3) is 5.56 Å². The summed E-state index contributed by atoms with van der Waals surface area (Å²) < 4.78 is 3.20. The zero-order chi connectivity index (χ0) is 18.4. The Labute approximate surface area is 148 Å². The number of imidazole rings is 1. The normalized spacial score (nSPS) is 10.6. The molecule has 2 N–H and O–H groups in total. The Balaban J connectivity index is 1.50. The van der Waals surface area contributed by atoms with E-state index in [1.165, 1.54) is 16.8 Å². The summed E-state index contributed by atoms with van der Waals surface area (Å²) in [6.45, 7) is 1.18. The number of nitrogens with one attached hydrogen (secondary N) is 2. The van der Waals surface area contributed by atoms with Gasteiger partial charge in [-0.25, -0.2) is 9.78 Å². The second-order valence-electron chi connectivity index (χ2n) is 5.56. The van der Waals surface area contributed by atoms with Crippen LogP contribution in [0.15, 0.2) is 58.6 Å². The highest BCUT2D eigenvalue weighted by atomic mass is 16.2. The Morgan fingerprint density at radius 2 is 1.92 bits per heavy atom. The molecule has 0 atom stereocenters. The number of hydrogen-bond acceptors (Lipinski definition) is 5. The molecule has 1 amide bonds. The topological polar surface area (TPSA) is 115 Å². The summed E-state index contributed by atoms with van der Waals surface area (Å²) in [5, 5.41) is 2.81. The van der Waals surface area contributed by atoms with Crippen molar-refractivity contribution in [2.24, 2.45) is 0 Å². The first kappa shape index (κ1) is 17.3. The molecule has 9 heteroatoms. The van der Waals surface area contributed by atoms with E-state index in [1.54, 1.807) is 12.4 Å². The summed E-state index contributed by atoms with van der Waals surface area (Å²) >= 11 is 0. The lowest BCUT2D eigenvalue weighted by molar-refractivity contribution is -0.121. The lowest BCUT2D eigenvalue weighted by Crippen LogP contribution is -2.32. The zero-order valence-electron chi connectivity index (χ0n) is 14.0. The predicted molar refractivity (Wildman–Crippen MR) is 94.4 cm³/mol. The molecule has 0 bridgehead atoms. The maximum Gasteiger partial charge on any atom is 0.328 e. The number of aromatic nitrogens is 5. The number of aryl methyl sites for hydroxylation is 1. The van der Waals surface area contributed by atoms with Crippen molar-refractivity contribution in [3.8, 4) is 11.5 Å². The second kappa shape index (κ2) is 8.06. The van der Waals surface area contributed by atoms with Crippen molar-refractivity contribution in [2.75, 3.05) is 6.54 Å². The minimum atomic E-state index is -0.524. The maximum absolute atomic E-state index is 11.9. The predicted octanol–water partition coefficient (Wildman–Crippen LogP) is 0.00160. The molecule has 9 nitrogen and oxygen atoms in total. The molecule has 0 aliphatic heterocycles. The van der Waals surface area contributed by atoms with Crippen LogP contribution in [0.4, 0.5) is 0 Å². The number of aromatic amines is 1. The van der Waals surface area contributed by atoms with Crippen molar-refractivity contribution < 1.29 is 4.79 Å². The highest BCUT2D eigenvalue weighted by molar-refractivity contribution is 5.75. The molecule has 134 valence electrons. The number of carbonyl (C=O) groups excluding carboxylic acids is 1. The van der Waals surface area contributed by atoms with Crippen LogP contribution < -0.4 is 16.6 Å². The van der Waals surface area contributed by atoms with Crippen molar-refractivity contribution in [1.29, 1.82) is 0 Å². The number of H-pyrrole nitrogens is 1. The standard InChI is InChI=1S/C17H18N6O3/c24-14(4-9-23-10-5-15(25)21-17(23)26)19-7-11-22-12-8-20-16(22)13-3-1-2-6-18-13/h1-3,5-6,8,10,12H,4,7,9,11H2,(H,19,24)(H,21,25,26). The Bertz CT molecular complexity index is 989. The number of carbonyl (C=O) groups is 1. The molecule has 3 aromatic heterocycles. The minimum absolute atomic E-state index is 0.142. The molecule has 3 heterocycles. The third-order valence-electron chi connectivity index (χ3n) is 3.76. The summed E-state index contributed by atoms with van der Waals surface area (Å²) in [6.07, 6.45) is 6.74. The van der Waals surface area contributed by atoms with Crippen molar-refractivity contribution in [1.82, 2.24) is 29.4 Å². The van der Waals surface area contributed by atoms with Gasteiger partial charge in [0.15, 0.2) is 5.82 Å². The van der Waals surface area contributed by atoms with Crippen LogP contribution in [0.2, 0.25) is 0 Å². The fourth-order valence-corrected chi connectivity index (χ4v) is 2.46. The molecular formula is C17H18N6O3. The van der Waals surface area contributed by atoms with Gasteiger partial charge >= 0.3 is 5.69 Å². The van der Waals surface area contributed by atoms with Gasteiger partial charge in [0.05, 0.1) is 0 Å². The molecule has 0 aromatic carbocycles. The second-order valence-corrected chi connectivity index (χ2v) is 5.56. The molecule has 3 rings (SSSR count). The van der Waals surface area contributed by atoms with Crippen LogP contribution in [-0.2, 0) is 17.9 Å². The summed E-state index contributed by atoms with van der Waals surface area (Å²) in [7, 11) is 0. The van der Waals surface area contributed by atoms with E-state index in [9.17, 15) is 14.4 Å². The quantitative estimate of drug-likeness (QED) is 0.620. The molecule has 0 radical (unpaired) electrons. The molecule has 0 aliphatic rings. The Hall–Kier alpha value is -3.49. The van der Waals surface area contributed by atoms with Gasteiger partial charge in [-0.3, -0.25) is 19.6 Å². The number of amides is 1. The van der Waals surface area contributed by atoms with E-state index in [4.69, 9.17) is 0 Å². The third kappa shape index (κ3) is 4.32. The van der Waals surface area contributed by atoms with Gasteiger partial charge in [-0.15, -0.1) is 0 Å². The first-order valence-corrected chi connectivity index (χ1v) is 8.12. The summed E-state index contributed by atoms with van der Waals surface area (Å²) in [6, 6.07) is 6.85. The van der Waals surface area contributed by atoms with Crippen molar-refractivity contribution in [2.45, 2.75) is 19.5 Å². The van der Waals surface area contributed by atoms with E-state index in [-0.39, 0.29) is 18.9 Å². The van der Waals surface area contributed by atoms with Crippen molar-refractivity contribution >= 4 is 5.91 Å². The SMILES string of the molecule is O=C(CCn1ccc(=O)[nH]c1=O)NCCn1ccnc1-c1ccccn1. The summed E-state index contributed by atoms with van der Waals surface area (Å²) in [5.41, 5.74) is -0.218. The molecular weight excluding hydrogens is 336 g/mol.